The van der Waals surface area contributed by atoms with E-state index in [2.05, 4.69) is 0 Å². The Kier molecular flexibility index (Phi) is 7.85. The van der Waals surface area contributed by atoms with Crippen LogP contribution in [0.15, 0.2) is 23.1 Å². The molecule has 178 valence electrons. The number of hydrogen-bond acceptors (Lipinski definition) is 6. The van der Waals surface area contributed by atoms with E-state index < -0.39 is 22.6 Å². The van der Waals surface area contributed by atoms with Crippen LogP contribution in [0.5, 0.6) is 0 Å². The lowest BCUT2D eigenvalue weighted by molar-refractivity contribution is -0.140. The Morgan fingerprint density at radius 3 is 2.28 bits per heavy atom. The Bertz CT molecular complexity index is 949. The number of morpholine rings is 1. The number of ether oxygens (including phenoxy) is 2. The van der Waals surface area contributed by atoms with E-state index >= 15 is 0 Å². The van der Waals surface area contributed by atoms with Gasteiger partial charge in [-0.05, 0) is 65.2 Å². The molecule has 2 saturated heterocycles. The first kappa shape index (κ1) is 25.0. The second-order valence-corrected chi connectivity index (χ2v) is 11.0. The highest BCUT2D eigenvalue weighted by atomic mass is 35.5. The summed E-state index contributed by atoms with van der Waals surface area (Å²) in [5, 5.41) is 0.0143. The number of rotatable bonds is 5. The van der Waals surface area contributed by atoms with Crippen molar-refractivity contribution in [2.24, 2.45) is 0 Å². The molecular weight excluding hydrogens is 456 g/mol. The minimum atomic E-state index is -3.94. The number of amides is 1. The van der Waals surface area contributed by atoms with Crippen molar-refractivity contribution in [1.82, 2.24) is 9.21 Å². The number of hydrogen-bond donors (Lipinski definition) is 0. The van der Waals surface area contributed by atoms with Crippen LogP contribution in [-0.4, -0.2) is 73.5 Å². The fraction of sp³-hybridized carbons (Fsp3) is 0.636. The van der Waals surface area contributed by atoms with Crippen LogP contribution in [0.4, 0.5) is 0 Å². The largest absolute Gasteiger partial charge is 0.452 e. The van der Waals surface area contributed by atoms with Gasteiger partial charge in [-0.2, -0.15) is 4.31 Å². The molecule has 2 aliphatic rings. The fourth-order valence-corrected chi connectivity index (χ4v) is 6.58. The van der Waals surface area contributed by atoms with Crippen molar-refractivity contribution in [2.45, 2.75) is 76.1 Å². The Morgan fingerprint density at radius 2 is 1.69 bits per heavy atom. The van der Waals surface area contributed by atoms with E-state index in [4.69, 9.17) is 21.1 Å². The molecular formula is C22H31ClN2O6S. The summed E-state index contributed by atoms with van der Waals surface area (Å²) in [5.41, 5.74) is 0.0230. The predicted octanol–water partition coefficient (Wildman–Crippen LogP) is 3.08. The standard InChI is InChI=1S/C22H31ClN2O6S/c1-14-6-5-7-15(2)25(14)21(26)13-30-22(27)18-8-9-19(23)20(10-18)32(28,29)24-11-16(3)31-17(4)12-24/h8-10,14-17H,5-7,11-13H2,1-4H3/t14-,15-,16-,17+/m0/s1. The van der Waals surface area contributed by atoms with Crippen LogP contribution < -0.4 is 0 Å². The van der Waals surface area contributed by atoms with Gasteiger partial charge in [-0.25, -0.2) is 13.2 Å². The summed E-state index contributed by atoms with van der Waals surface area (Å²) >= 11 is 6.19. The van der Waals surface area contributed by atoms with E-state index in [1.165, 1.54) is 22.5 Å². The number of halogens is 1. The number of carbonyl (C=O) groups excluding carboxylic acids is 2. The summed E-state index contributed by atoms with van der Waals surface area (Å²) in [5.74, 6) is -1.02. The zero-order chi connectivity index (χ0) is 23.6. The molecule has 10 heteroatoms. The molecule has 1 aromatic rings. The topological polar surface area (TPSA) is 93.2 Å². The van der Waals surface area contributed by atoms with Gasteiger partial charge in [0.1, 0.15) is 4.90 Å². The molecule has 0 saturated carbocycles. The number of piperidine rings is 1. The maximum Gasteiger partial charge on any atom is 0.338 e. The van der Waals surface area contributed by atoms with Crippen LogP contribution >= 0.6 is 11.6 Å². The van der Waals surface area contributed by atoms with Crippen LogP contribution in [0.2, 0.25) is 5.02 Å². The quantitative estimate of drug-likeness (QED) is 0.594. The van der Waals surface area contributed by atoms with Crippen molar-refractivity contribution in [1.29, 1.82) is 0 Å². The number of sulfonamides is 1. The molecule has 0 bridgehead atoms. The van der Waals surface area contributed by atoms with E-state index in [9.17, 15) is 18.0 Å². The molecule has 1 amide bonds. The SMILES string of the molecule is C[C@@H]1CN(S(=O)(=O)c2cc(C(=O)OCC(=O)N3[C@@H](C)CCC[C@@H]3C)ccc2Cl)C[C@H](C)O1. The summed E-state index contributed by atoms with van der Waals surface area (Å²) in [7, 11) is -3.94. The molecule has 4 atom stereocenters. The molecule has 0 unspecified atom stereocenters. The van der Waals surface area contributed by atoms with Gasteiger partial charge < -0.3 is 14.4 Å². The third-order valence-corrected chi connectivity index (χ3v) is 8.29. The molecule has 0 radical (unpaired) electrons. The highest BCUT2D eigenvalue weighted by Gasteiger charge is 2.34. The van der Waals surface area contributed by atoms with Gasteiger partial charge in [0.25, 0.3) is 5.91 Å². The van der Waals surface area contributed by atoms with Gasteiger partial charge in [0.05, 0.1) is 22.8 Å². The third kappa shape index (κ3) is 5.44. The van der Waals surface area contributed by atoms with Gasteiger partial charge in [-0.15, -0.1) is 0 Å². The maximum atomic E-state index is 13.2. The summed E-state index contributed by atoms with van der Waals surface area (Å²) in [6, 6.07) is 4.15. The number of esters is 1. The molecule has 3 rings (SSSR count). The minimum absolute atomic E-state index is 0.0143. The zero-order valence-electron chi connectivity index (χ0n) is 18.9. The van der Waals surface area contributed by atoms with Crippen LogP contribution in [0.25, 0.3) is 0 Å². The lowest BCUT2D eigenvalue weighted by Gasteiger charge is -2.38. The summed E-state index contributed by atoms with van der Waals surface area (Å²) < 4.78 is 38.5. The van der Waals surface area contributed by atoms with E-state index in [0.717, 1.165) is 19.3 Å². The van der Waals surface area contributed by atoms with Gasteiger partial charge in [0.15, 0.2) is 6.61 Å². The zero-order valence-corrected chi connectivity index (χ0v) is 20.5. The van der Waals surface area contributed by atoms with Crippen molar-refractivity contribution in [3.8, 4) is 0 Å². The van der Waals surface area contributed by atoms with Crippen molar-refractivity contribution >= 4 is 33.5 Å². The number of likely N-dealkylation sites (tertiary alicyclic amines) is 1. The molecule has 8 nitrogen and oxygen atoms in total. The van der Waals surface area contributed by atoms with Gasteiger partial charge >= 0.3 is 5.97 Å². The van der Waals surface area contributed by atoms with Gasteiger partial charge in [-0.1, -0.05) is 11.6 Å². The van der Waals surface area contributed by atoms with Crippen molar-refractivity contribution in [3.63, 3.8) is 0 Å². The van der Waals surface area contributed by atoms with E-state index in [1.54, 1.807) is 18.7 Å². The highest BCUT2D eigenvalue weighted by molar-refractivity contribution is 7.89. The summed E-state index contributed by atoms with van der Waals surface area (Å²) in [6.07, 6.45) is 2.38. The highest BCUT2D eigenvalue weighted by Crippen LogP contribution is 2.28. The Balaban J connectivity index is 1.73. The average molecular weight is 487 g/mol. The molecule has 2 aliphatic heterocycles. The van der Waals surface area contributed by atoms with E-state index in [1.807, 2.05) is 13.8 Å². The average Bonchev–Trinajstić information content (AvgIpc) is 2.71. The van der Waals surface area contributed by atoms with Gasteiger partial charge in [0.2, 0.25) is 10.0 Å². The first-order chi connectivity index (χ1) is 15.0. The first-order valence-electron chi connectivity index (χ1n) is 10.9. The minimum Gasteiger partial charge on any atom is -0.452 e. The van der Waals surface area contributed by atoms with Crippen molar-refractivity contribution < 1.29 is 27.5 Å². The fourth-order valence-electron chi connectivity index (χ4n) is 4.49. The van der Waals surface area contributed by atoms with Crippen molar-refractivity contribution in [2.75, 3.05) is 19.7 Å². The predicted molar refractivity (Wildman–Crippen MR) is 120 cm³/mol. The van der Waals surface area contributed by atoms with Gasteiger partial charge in [0, 0.05) is 25.2 Å². The number of carbonyl (C=O) groups is 2. The normalized spacial score (nSPS) is 27.2. The third-order valence-electron chi connectivity index (χ3n) is 5.98. The van der Waals surface area contributed by atoms with Crippen molar-refractivity contribution in [3.05, 3.63) is 28.8 Å². The molecule has 0 aliphatic carbocycles. The lowest BCUT2D eigenvalue weighted by Crippen LogP contribution is -2.49. The smallest absolute Gasteiger partial charge is 0.338 e. The van der Waals surface area contributed by atoms with Crippen LogP contribution in [-0.2, 0) is 24.3 Å². The van der Waals surface area contributed by atoms with Crippen LogP contribution in [0.1, 0.15) is 57.3 Å². The molecule has 0 aromatic heterocycles. The molecule has 1 aromatic carbocycles. The second-order valence-electron chi connectivity index (χ2n) is 8.73. The number of nitrogens with zero attached hydrogens (tertiary/aromatic N) is 2. The lowest BCUT2D eigenvalue weighted by atomic mass is 9.97. The Hall–Kier alpha value is -1.68. The monoisotopic (exact) mass is 486 g/mol. The second kappa shape index (κ2) is 10.1. The maximum absolute atomic E-state index is 13.2. The molecule has 2 heterocycles. The van der Waals surface area contributed by atoms with E-state index in [-0.39, 0.29) is 58.8 Å². The summed E-state index contributed by atoms with van der Waals surface area (Å²) in [4.78, 5) is 26.8. The molecule has 0 N–H and O–H groups in total. The molecule has 2 fully saturated rings. The Morgan fingerprint density at radius 1 is 1.09 bits per heavy atom. The van der Waals surface area contributed by atoms with E-state index in [0.29, 0.717) is 0 Å². The molecule has 0 spiro atoms. The van der Waals surface area contributed by atoms with Gasteiger partial charge in [-0.3, -0.25) is 4.79 Å². The van der Waals surface area contributed by atoms with Crippen LogP contribution in [0, 0.1) is 0 Å². The number of benzene rings is 1. The summed E-state index contributed by atoms with van der Waals surface area (Å²) in [6.45, 7) is 7.56. The molecule has 32 heavy (non-hydrogen) atoms. The Labute approximate surface area is 194 Å². The van der Waals surface area contributed by atoms with Crippen LogP contribution in [0.3, 0.4) is 0 Å². The first-order valence-corrected chi connectivity index (χ1v) is 12.8.